The maximum absolute atomic E-state index is 5.43. The number of hydrogen-bond donors (Lipinski definition) is 2. The summed E-state index contributed by atoms with van der Waals surface area (Å²) in [6.45, 7) is 18.5. The fourth-order valence-corrected chi connectivity index (χ4v) is 3.03. The number of halogens is 1. The fourth-order valence-electron chi connectivity index (χ4n) is 3.03. The average molecular weight is 479 g/mol. The van der Waals surface area contributed by atoms with E-state index in [1.807, 2.05) is 0 Å². The summed E-state index contributed by atoms with van der Waals surface area (Å²) < 4.78 is 5.43. The second-order valence-corrected chi connectivity index (χ2v) is 6.79. The second-order valence-electron chi connectivity index (χ2n) is 6.79. The van der Waals surface area contributed by atoms with Gasteiger partial charge in [-0.3, -0.25) is 4.90 Å². The maximum atomic E-state index is 5.43. The van der Waals surface area contributed by atoms with Gasteiger partial charge in [0.25, 0.3) is 0 Å². The van der Waals surface area contributed by atoms with Crippen molar-refractivity contribution in [3.8, 4) is 0 Å². The summed E-state index contributed by atoms with van der Waals surface area (Å²) in [6, 6.07) is 1.08. The van der Waals surface area contributed by atoms with E-state index in [9.17, 15) is 0 Å². The Kier molecular flexibility index (Phi) is 12.9. The van der Waals surface area contributed by atoms with Gasteiger partial charge in [-0.05, 0) is 41.0 Å². The monoisotopic (exact) mass is 479 g/mol. The second kappa shape index (κ2) is 13.4. The number of aryl methyl sites for hydroxylation is 2. The molecule has 6 nitrogen and oxygen atoms in total. The molecule has 0 spiro atoms. The molecule has 1 heterocycles. The van der Waals surface area contributed by atoms with E-state index in [1.54, 1.807) is 0 Å². The van der Waals surface area contributed by atoms with Crippen LogP contribution in [0.1, 0.15) is 65.5 Å². The molecule has 0 aliphatic carbocycles. The van der Waals surface area contributed by atoms with Crippen LogP contribution in [0.3, 0.4) is 0 Å². The molecule has 0 radical (unpaired) electrons. The highest BCUT2D eigenvalue weighted by atomic mass is 127. The van der Waals surface area contributed by atoms with Crippen molar-refractivity contribution in [2.24, 2.45) is 4.99 Å². The van der Waals surface area contributed by atoms with Crippen LogP contribution in [0.25, 0.3) is 0 Å². The molecule has 0 aromatic carbocycles. The third-order valence-corrected chi connectivity index (χ3v) is 4.34. The van der Waals surface area contributed by atoms with E-state index < -0.39 is 0 Å². The molecule has 2 N–H and O–H groups in total. The lowest BCUT2D eigenvalue weighted by Crippen LogP contribution is -2.45. The molecular weight excluding hydrogens is 441 g/mol. The van der Waals surface area contributed by atoms with Gasteiger partial charge in [-0.2, -0.15) is 0 Å². The molecule has 0 fully saturated rings. The van der Waals surface area contributed by atoms with Crippen molar-refractivity contribution < 1.29 is 4.52 Å². The molecule has 1 aromatic rings. The maximum Gasteiger partial charge on any atom is 0.191 e. The lowest BCUT2D eigenvalue weighted by atomic mass is 10.1. The van der Waals surface area contributed by atoms with Gasteiger partial charge in [0.2, 0.25) is 0 Å². The van der Waals surface area contributed by atoms with Crippen LogP contribution >= 0.6 is 24.0 Å². The van der Waals surface area contributed by atoms with Crippen molar-refractivity contribution in [2.75, 3.05) is 19.6 Å². The van der Waals surface area contributed by atoms with Crippen LogP contribution < -0.4 is 10.6 Å². The van der Waals surface area contributed by atoms with Gasteiger partial charge in [-0.15, -0.1) is 24.0 Å². The lowest BCUT2D eigenvalue weighted by Gasteiger charge is -2.30. The molecule has 1 rings (SSSR count). The minimum absolute atomic E-state index is 0. The van der Waals surface area contributed by atoms with E-state index in [0.29, 0.717) is 18.6 Å². The minimum atomic E-state index is 0. The standard InChI is InChI=1S/C19H37N5O.HI/c1-8-17-16(18(9-2)25-23-17)13-22-19(20-10-3)21-11-12-24(14(4)5)15(6)7;/h14-15H,8-13H2,1-7H3,(H2,20,21,22);1H. The van der Waals surface area contributed by atoms with Crippen LogP contribution in [-0.4, -0.2) is 47.7 Å². The van der Waals surface area contributed by atoms with E-state index in [0.717, 1.165) is 55.5 Å². The summed E-state index contributed by atoms with van der Waals surface area (Å²) in [7, 11) is 0. The Hall–Kier alpha value is -0.830. The Morgan fingerprint density at radius 3 is 2.23 bits per heavy atom. The number of nitrogens with one attached hydrogen (secondary N) is 2. The Morgan fingerprint density at radius 1 is 1.08 bits per heavy atom. The summed E-state index contributed by atoms with van der Waals surface area (Å²) in [5.41, 5.74) is 2.15. The zero-order valence-electron chi connectivity index (χ0n) is 17.6. The molecule has 26 heavy (non-hydrogen) atoms. The average Bonchev–Trinajstić information content (AvgIpc) is 2.97. The molecule has 0 saturated carbocycles. The molecule has 0 aliphatic heterocycles. The van der Waals surface area contributed by atoms with Gasteiger partial charge in [-0.25, -0.2) is 4.99 Å². The molecule has 0 atom stereocenters. The first kappa shape index (κ1) is 25.2. The van der Waals surface area contributed by atoms with E-state index >= 15 is 0 Å². The number of guanidine groups is 1. The Bertz CT molecular complexity index is 498. The number of rotatable bonds is 10. The number of aromatic nitrogens is 1. The molecular formula is C19H38IN5O. The summed E-state index contributed by atoms with van der Waals surface area (Å²) in [4.78, 5) is 7.21. The highest BCUT2D eigenvalue weighted by molar-refractivity contribution is 14.0. The molecule has 1 aromatic heterocycles. The molecule has 0 saturated heterocycles. The molecule has 0 unspecified atom stereocenters. The molecule has 7 heteroatoms. The van der Waals surface area contributed by atoms with Crippen LogP contribution in [0.15, 0.2) is 9.52 Å². The van der Waals surface area contributed by atoms with Crippen molar-refractivity contribution in [1.82, 2.24) is 20.7 Å². The first-order chi connectivity index (χ1) is 11.9. The van der Waals surface area contributed by atoms with Crippen LogP contribution in [0.2, 0.25) is 0 Å². The number of hydrogen-bond acceptors (Lipinski definition) is 4. The van der Waals surface area contributed by atoms with Crippen LogP contribution in [0.4, 0.5) is 0 Å². The molecule has 0 amide bonds. The van der Waals surface area contributed by atoms with E-state index in [-0.39, 0.29) is 24.0 Å². The van der Waals surface area contributed by atoms with Crippen LogP contribution in [0, 0.1) is 0 Å². The van der Waals surface area contributed by atoms with Gasteiger partial charge in [0.15, 0.2) is 5.96 Å². The third-order valence-electron chi connectivity index (χ3n) is 4.34. The van der Waals surface area contributed by atoms with Gasteiger partial charge in [0.05, 0.1) is 12.2 Å². The largest absolute Gasteiger partial charge is 0.361 e. The first-order valence-corrected chi connectivity index (χ1v) is 9.68. The Labute approximate surface area is 176 Å². The number of aliphatic imine (C=N–C) groups is 1. The zero-order valence-corrected chi connectivity index (χ0v) is 19.9. The predicted molar refractivity (Wildman–Crippen MR) is 120 cm³/mol. The highest BCUT2D eigenvalue weighted by Crippen LogP contribution is 2.16. The molecule has 0 aliphatic rings. The van der Waals surface area contributed by atoms with Gasteiger partial charge in [0.1, 0.15) is 5.76 Å². The van der Waals surface area contributed by atoms with Crippen molar-refractivity contribution in [2.45, 2.75) is 79.9 Å². The summed E-state index contributed by atoms with van der Waals surface area (Å²) in [6.07, 6.45) is 1.72. The normalized spacial score (nSPS) is 12.0. The van der Waals surface area contributed by atoms with Gasteiger partial charge >= 0.3 is 0 Å². The minimum Gasteiger partial charge on any atom is -0.361 e. The number of nitrogens with zero attached hydrogens (tertiary/aromatic N) is 3. The van der Waals surface area contributed by atoms with Gasteiger partial charge < -0.3 is 15.2 Å². The van der Waals surface area contributed by atoms with Crippen molar-refractivity contribution in [1.29, 1.82) is 0 Å². The quantitative estimate of drug-likeness (QED) is 0.305. The van der Waals surface area contributed by atoms with E-state index in [2.05, 4.69) is 69.2 Å². The SMILES string of the molecule is CCNC(=NCc1c(CC)noc1CC)NCCN(C(C)C)C(C)C.I. The lowest BCUT2D eigenvalue weighted by molar-refractivity contribution is 0.178. The van der Waals surface area contributed by atoms with Crippen LogP contribution in [0.5, 0.6) is 0 Å². The van der Waals surface area contributed by atoms with E-state index in [1.165, 1.54) is 0 Å². The molecule has 152 valence electrons. The Morgan fingerprint density at radius 2 is 1.73 bits per heavy atom. The fraction of sp³-hybridized carbons (Fsp3) is 0.789. The predicted octanol–water partition coefficient (Wildman–Crippen LogP) is 3.59. The first-order valence-electron chi connectivity index (χ1n) is 9.68. The van der Waals surface area contributed by atoms with Crippen molar-refractivity contribution in [3.05, 3.63) is 17.0 Å². The molecule has 0 bridgehead atoms. The van der Waals surface area contributed by atoms with Crippen LogP contribution in [-0.2, 0) is 19.4 Å². The van der Waals surface area contributed by atoms with Crippen molar-refractivity contribution >= 4 is 29.9 Å². The smallest absolute Gasteiger partial charge is 0.191 e. The van der Waals surface area contributed by atoms with Gasteiger partial charge in [-0.1, -0.05) is 19.0 Å². The summed E-state index contributed by atoms with van der Waals surface area (Å²) in [5.74, 6) is 1.79. The topological polar surface area (TPSA) is 65.7 Å². The van der Waals surface area contributed by atoms with Crippen molar-refractivity contribution in [3.63, 3.8) is 0 Å². The highest BCUT2D eigenvalue weighted by Gasteiger charge is 2.14. The van der Waals surface area contributed by atoms with E-state index in [4.69, 9.17) is 9.52 Å². The third kappa shape index (κ3) is 7.82. The summed E-state index contributed by atoms with van der Waals surface area (Å²) in [5, 5.41) is 10.9. The summed E-state index contributed by atoms with van der Waals surface area (Å²) >= 11 is 0. The van der Waals surface area contributed by atoms with Gasteiger partial charge in [0, 0.05) is 43.7 Å². The zero-order chi connectivity index (χ0) is 18.8. The Balaban J connectivity index is 0.00000625.